The summed E-state index contributed by atoms with van der Waals surface area (Å²) >= 11 is 0. The van der Waals surface area contributed by atoms with Crippen molar-refractivity contribution in [2.75, 3.05) is 38.7 Å². The van der Waals surface area contributed by atoms with Crippen LogP contribution in [0.5, 0.6) is 0 Å². The molecule has 3 aromatic carbocycles. The van der Waals surface area contributed by atoms with E-state index in [1.807, 2.05) is 60.7 Å². The summed E-state index contributed by atoms with van der Waals surface area (Å²) in [6.45, 7) is 3.20. The Kier molecular flexibility index (Phi) is 6.60. The van der Waals surface area contributed by atoms with E-state index in [2.05, 4.69) is 44.8 Å². The van der Waals surface area contributed by atoms with E-state index in [9.17, 15) is 4.79 Å². The highest BCUT2D eigenvalue weighted by atomic mass is 16.5. The van der Waals surface area contributed by atoms with E-state index >= 15 is 0 Å². The topological polar surface area (TPSA) is 69.4 Å². The molecule has 4 aromatic rings. The second-order valence-corrected chi connectivity index (χ2v) is 8.76. The minimum absolute atomic E-state index is 0.00429. The van der Waals surface area contributed by atoms with Crippen molar-refractivity contribution < 1.29 is 9.53 Å². The molecule has 2 amide bonds. The first kappa shape index (κ1) is 22.2. The molecule has 1 aliphatic heterocycles. The number of para-hydroxylation sites is 1. The number of aromatic nitrogens is 1. The molecular weight excluding hydrogens is 424 g/mol. The average Bonchev–Trinajstić information content (AvgIpc) is 3.45. The third kappa shape index (κ3) is 4.69. The van der Waals surface area contributed by atoms with Crippen molar-refractivity contribution in [1.82, 2.24) is 15.2 Å². The number of urea groups is 1. The van der Waals surface area contributed by atoms with E-state index < -0.39 is 0 Å². The van der Waals surface area contributed by atoms with Gasteiger partial charge in [0, 0.05) is 49.1 Å². The van der Waals surface area contributed by atoms with Crippen LogP contribution in [0.1, 0.15) is 11.5 Å². The molecule has 34 heavy (non-hydrogen) atoms. The molecule has 0 unspecified atom stereocenters. The number of rotatable bonds is 7. The molecule has 6 heteroatoms. The lowest BCUT2D eigenvalue weighted by Gasteiger charge is -2.21. The number of carbonyl (C=O) groups is 1. The Hall–Kier alpha value is -3.61. The summed E-state index contributed by atoms with van der Waals surface area (Å²) in [5.41, 5.74) is 4.97. The van der Waals surface area contributed by atoms with E-state index in [1.54, 1.807) is 7.11 Å². The first-order chi connectivity index (χ1) is 16.7. The maximum atomic E-state index is 13.3. The van der Waals surface area contributed by atoms with Gasteiger partial charge < -0.3 is 20.4 Å². The van der Waals surface area contributed by atoms with Gasteiger partial charge in [0.2, 0.25) is 0 Å². The van der Waals surface area contributed by atoms with Crippen LogP contribution in [0, 0.1) is 0 Å². The molecule has 174 valence electrons. The SMILES string of the molecule is COCCN1C[C@@H](NC(=O)Nc2c(-c3ccccc3)[nH]c3ccccc23)[C@H](c2ccccc2)C1. The maximum absolute atomic E-state index is 13.3. The molecule has 1 aromatic heterocycles. The van der Waals surface area contributed by atoms with Gasteiger partial charge in [-0.15, -0.1) is 0 Å². The van der Waals surface area contributed by atoms with Crippen LogP contribution >= 0.6 is 0 Å². The monoisotopic (exact) mass is 454 g/mol. The average molecular weight is 455 g/mol. The van der Waals surface area contributed by atoms with Gasteiger partial charge in [0.15, 0.2) is 0 Å². The van der Waals surface area contributed by atoms with Crippen molar-refractivity contribution in [3.8, 4) is 11.3 Å². The number of methoxy groups -OCH3 is 1. The van der Waals surface area contributed by atoms with Crippen LogP contribution in [0.3, 0.4) is 0 Å². The number of amides is 2. The molecule has 1 fully saturated rings. The lowest BCUT2D eigenvalue weighted by Crippen LogP contribution is -2.42. The lowest BCUT2D eigenvalue weighted by atomic mass is 9.94. The van der Waals surface area contributed by atoms with E-state index in [-0.39, 0.29) is 18.0 Å². The molecule has 5 rings (SSSR count). The molecule has 0 aliphatic carbocycles. The Morgan fingerprint density at radius 1 is 0.971 bits per heavy atom. The number of carbonyl (C=O) groups excluding carboxylic acids is 1. The highest BCUT2D eigenvalue weighted by molar-refractivity contribution is 6.07. The van der Waals surface area contributed by atoms with Gasteiger partial charge in [0.05, 0.1) is 24.0 Å². The summed E-state index contributed by atoms with van der Waals surface area (Å²) in [6, 6.07) is 28.4. The van der Waals surface area contributed by atoms with Crippen molar-refractivity contribution in [3.63, 3.8) is 0 Å². The molecule has 2 atom stereocenters. The third-order valence-corrected chi connectivity index (χ3v) is 6.56. The first-order valence-electron chi connectivity index (χ1n) is 11.7. The Morgan fingerprint density at radius 2 is 1.68 bits per heavy atom. The number of nitrogens with zero attached hydrogens (tertiary/aromatic N) is 1. The number of fused-ring (bicyclic) bond motifs is 1. The van der Waals surface area contributed by atoms with Gasteiger partial charge in [-0.25, -0.2) is 4.79 Å². The van der Waals surface area contributed by atoms with Gasteiger partial charge in [-0.05, 0) is 11.6 Å². The molecule has 0 bridgehead atoms. The third-order valence-electron chi connectivity index (χ3n) is 6.56. The first-order valence-corrected chi connectivity index (χ1v) is 11.7. The molecular formula is C28H30N4O2. The zero-order chi connectivity index (χ0) is 23.3. The molecule has 6 nitrogen and oxygen atoms in total. The maximum Gasteiger partial charge on any atom is 0.319 e. The Labute approximate surface area is 199 Å². The summed E-state index contributed by atoms with van der Waals surface area (Å²) in [5.74, 6) is 0.223. The number of nitrogens with one attached hydrogen (secondary N) is 3. The highest BCUT2D eigenvalue weighted by Crippen LogP contribution is 2.35. The van der Waals surface area contributed by atoms with E-state index in [4.69, 9.17) is 4.74 Å². The predicted octanol–water partition coefficient (Wildman–Crippen LogP) is 5.07. The standard InChI is InChI=1S/C28H30N4O2/c1-34-17-16-32-18-23(20-10-4-2-5-11-20)25(19-32)30-28(33)31-27-22-14-8-9-15-24(22)29-26(27)21-12-6-3-7-13-21/h2-15,23,25,29H,16-19H2,1H3,(H2,30,31,33)/t23-,25+/m0/s1. The van der Waals surface area contributed by atoms with Crippen LogP contribution in [0.25, 0.3) is 22.2 Å². The molecule has 0 radical (unpaired) electrons. The van der Waals surface area contributed by atoms with Crippen molar-refractivity contribution in [2.45, 2.75) is 12.0 Å². The van der Waals surface area contributed by atoms with Gasteiger partial charge in [-0.1, -0.05) is 78.9 Å². The van der Waals surface area contributed by atoms with E-state index in [0.29, 0.717) is 6.61 Å². The van der Waals surface area contributed by atoms with Crippen molar-refractivity contribution in [2.24, 2.45) is 0 Å². The number of likely N-dealkylation sites (tertiary alicyclic amines) is 1. The van der Waals surface area contributed by atoms with E-state index in [1.165, 1.54) is 5.56 Å². The smallest absolute Gasteiger partial charge is 0.319 e. The second-order valence-electron chi connectivity index (χ2n) is 8.76. The quantitative estimate of drug-likeness (QED) is 0.365. The summed E-state index contributed by atoms with van der Waals surface area (Å²) in [4.78, 5) is 19.1. The Morgan fingerprint density at radius 3 is 2.44 bits per heavy atom. The predicted molar refractivity (Wildman–Crippen MR) is 137 cm³/mol. The fourth-order valence-corrected chi connectivity index (χ4v) is 4.88. The van der Waals surface area contributed by atoms with Crippen molar-refractivity contribution >= 4 is 22.6 Å². The zero-order valence-corrected chi connectivity index (χ0v) is 19.3. The zero-order valence-electron chi connectivity index (χ0n) is 19.3. The van der Waals surface area contributed by atoms with Crippen LogP contribution in [-0.2, 0) is 4.74 Å². The van der Waals surface area contributed by atoms with Crippen LogP contribution in [0.2, 0.25) is 0 Å². The van der Waals surface area contributed by atoms with Gasteiger partial charge in [0.1, 0.15) is 0 Å². The summed E-state index contributed by atoms with van der Waals surface area (Å²) in [6.07, 6.45) is 0. The van der Waals surface area contributed by atoms with E-state index in [0.717, 1.165) is 47.5 Å². The van der Waals surface area contributed by atoms with Gasteiger partial charge in [0.25, 0.3) is 0 Å². The Balaban J connectivity index is 1.39. The fourth-order valence-electron chi connectivity index (χ4n) is 4.88. The largest absolute Gasteiger partial charge is 0.383 e. The van der Waals surface area contributed by atoms with Crippen LogP contribution in [-0.4, -0.2) is 55.3 Å². The lowest BCUT2D eigenvalue weighted by molar-refractivity contribution is 0.159. The summed E-state index contributed by atoms with van der Waals surface area (Å²) in [5, 5.41) is 7.42. The minimum Gasteiger partial charge on any atom is -0.383 e. The number of H-pyrrole nitrogens is 1. The number of ether oxygens (including phenoxy) is 1. The highest BCUT2D eigenvalue weighted by Gasteiger charge is 2.34. The molecule has 1 aliphatic rings. The van der Waals surface area contributed by atoms with Crippen molar-refractivity contribution in [1.29, 1.82) is 0 Å². The number of aromatic amines is 1. The number of benzene rings is 3. The van der Waals surface area contributed by atoms with Gasteiger partial charge in [-0.3, -0.25) is 4.90 Å². The molecule has 1 saturated heterocycles. The van der Waals surface area contributed by atoms with Crippen molar-refractivity contribution in [3.05, 3.63) is 90.5 Å². The molecule has 2 heterocycles. The van der Waals surface area contributed by atoms with Gasteiger partial charge in [-0.2, -0.15) is 0 Å². The summed E-state index contributed by atoms with van der Waals surface area (Å²) < 4.78 is 5.28. The molecule has 0 saturated carbocycles. The normalized spacial score (nSPS) is 18.3. The van der Waals surface area contributed by atoms with Gasteiger partial charge >= 0.3 is 6.03 Å². The van der Waals surface area contributed by atoms with Crippen LogP contribution in [0.4, 0.5) is 10.5 Å². The number of hydrogen-bond donors (Lipinski definition) is 3. The minimum atomic E-state index is -0.193. The molecule has 3 N–H and O–H groups in total. The van der Waals surface area contributed by atoms with Crippen LogP contribution in [0.15, 0.2) is 84.9 Å². The van der Waals surface area contributed by atoms with Crippen LogP contribution < -0.4 is 10.6 Å². The second kappa shape index (κ2) is 10.1. The number of hydrogen-bond acceptors (Lipinski definition) is 3. The number of anilines is 1. The molecule has 0 spiro atoms. The fraction of sp³-hybridized carbons (Fsp3) is 0.250. The summed E-state index contributed by atoms with van der Waals surface area (Å²) in [7, 11) is 1.72. The Bertz CT molecular complexity index is 1240.